The highest BCUT2D eigenvalue weighted by Gasteiger charge is 2.37. The maximum atomic E-state index is 14.0. The normalized spacial score (nSPS) is 26.6. The van der Waals surface area contributed by atoms with Gasteiger partial charge in [-0.3, -0.25) is 4.79 Å². The quantitative estimate of drug-likeness (QED) is 0.371. The van der Waals surface area contributed by atoms with Crippen molar-refractivity contribution >= 4 is 28.9 Å². The zero-order chi connectivity index (χ0) is 25.9. The first-order chi connectivity index (χ1) is 17.1. The average Bonchev–Trinajstić information content (AvgIpc) is 3.49. The first-order valence-corrected chi connectivity index (χ1v) is 14.0. The molecule has 0 aromatic carbocycles. The number of thiophene rings is 1. The van der Waals surface area contributed by atoms with Crippen LogP contribution in [-0.4, -0.2) is 48.4 Å². The summed E-state index contributed by atoms with van der Waals surface area (Å²) in [6, 6.07) is 1.79. The van der Waals surface area contributed by atoms with Crippen molar-refractivity contribution in [2.24, 2.45) is 11.3 Å². The standard InChI is InChI=1S/C29H39NO5S/c1-19-5-7-20(8-6-19)27(31)30(21-9-11-22(12-10-21)35-23-14-16-34-18-23)25-17-24(13-15-29(2,3)4)36-26(25)28(32)33/h5,17,20-23H,6-12,14,16,18H2,1-4H3,(H,32,33)/t20?,21?,22?,23-/m0/s1. The van der Waals surface area contributed by atoms with Gasteiger partial charge in [-0.15, -0.1) is 11.3 Å². The molecular formula is C29H39NO5S. The second kappa shape index (κ2) is 11.5. The summed E-state index contributed by atoms with van der Waals surface area (Å²) in [5.41, 5.74) is 1.63. The number of nitrogens with zero attached hydrogens (tertiary/aromatic N) is 1. The van der Waals surface area contributed by atoms with Crippen molar-refractivity contribution in [3.8, 4) is 11.8 Å². The summed E-state index contributed by atoms with van der Waals surface area (Å²) in [5, 5.41) is 10.1. The Labute approximate surface area is 219 Å². The number of carbonyl (C=O) groups excluding carboxylic acids is 1. The largest absolute Gasteiger partial charge is 0.477 e. The number of allylic oxidation sites excluding steroid dienone is 2. The molecule has 2 fully saturated rings. The van der Waals surface area contributed by atoms with Gasteiger partial charge in [0.25, 0.3) is 0 Å². The van der Waals surface area contributed by atoms with E-state index in [1.807, 2.05) is 31.7 Å². The van der Waals surface area contributed by atoms with E-state index in [9.17, 15) is 14.7 Å². The van der Waals surface area contributed by atoms with E-state index in [4.69, 9.17) is 9.47 Å². The lowest BCUT2D eigenvalue weighted by molar-refractivity contribution is -0.123. The third-order valence-electron chi connectivity index (χ3n) is 7.23. The van der Waals surface area contributed by atoms with E-state index in [2.05, 4.69) is 24.8 Å². The molecule has 1 unspecified atom stereocenters. The third-order valence-corrected chi connectivity index (χ3v) is 8.26. The maximum absolute atomic E-state index is 14.0. The molecule has 1 N–H and O–H groups in total. The molecule has 1 saturated carbocycles. The number of carboxylic acids is 1. The van der Waals surface area contributed by atoms with Crippen LogP contribution in [0.25, 0.3) is 0 Å². The van der Waals surface area contributed by atoms with E-state index in [0.29, 0.717) is 23.6 Å². The van der Waals surface area contributed by atoms with Gasteiger partial charge >= 0.3 is 5.97 Å². The zero-order valence-electron chi connectivity index (χ0n) is 22.0. The molecule has 196 valence electrons. The van der Waals surface area contributed by atoms with Gasteiger partial charge < -0.3 is 19.5 Å². The Balaban J connectivity index is 1.61. The number of carbonyl (C=O) groups is 2. The van der Waals surface area contributed by atoms with Crippen LogP contribution in [0.3, 0.4) is 0 Å². The van der Waals surface area contributed by atoms with Crippen molar-refractivity contribution in [2.45, 2.75) is 97.3 Å². The smallest absolute Gasteiger partial charge is 0.348 e. The van der Waals surface area contributed by atoms with Crippen molar-refractivity contribution in [1.82, 2.24) is 0 Å². The van der Waals surface area contributed by atoms with Gasteiger partial charge in [0.2, 0.25) is 5.91 Å². The molecule has 36 heavy (non-hydrogen) atoms. The number of hydrogen-bond donors (Lipinski definition) is 1. The predicted molar refractivity (Wildman–Crippen MR) is 143 cm³/mol. The fourth-order valence-electron chi connectivity index (χ4n) is 5.24. The van der Waals surface area contributed by atoms with Crippen LogP contribution in [0.15, 0.2) is 17.7 Å². The van der Waals surface area contributed by atoms with Crippen LogP contribution in [-0.2, 0) is 14.3 Å². The summed E-state index contributed by atoms with van der Waals surface area (Å²) in [5.74, 6) is 5.28. The molecule has 6 nitrogen and oxygen atoms in total. The van der Waals surface area contributed by atoms with E-state index in [0.717, 1.165) is 51.6 Å². The second-order valence-corrected chi connectivity index (χ2v) is 12.5. The van der Waals surface area contributed by atoms with E-state index >= 15 is 0 Å². The van der Waals surface area contributed by atoms with Crippen LogP contribution in [0.5, 0.6) is 0 Å². The van der Waals surface area contributed by atoms with E-state index in [1.54, 1.807) is 0 Å². The van der Waals surface area contributed by atoms with Crippen LogP contribution in [0.1, 0.15) is 93.6 Å². The Morgan fingerprint density at radius 3 is 2.47 bits per heavy atom. The molecular weight excluding hydrogens is 474 g/mol. The Morgan fingerprint density at radius 1 is 1.14 bits per heavy atom. The monoisotopic (exact) mass is 513 g/mol. The third kappa shape index (κ3) is 6.79. The lowest BCUT2D eigenvalue weighted by Gasteiger charge is -2.39. The van der Waals surface area contributed by atoms with Crippen LogP contribution < -0.4 is 4.90 Å². The molecule has 1 aromatic rings. The predicted octanol–water partition coefficient (Wildman–Crippen LogP) is 6.04. The maximum Gasteiger partial charge on any atom is 0.348 e. The highest BCUT2D eigenvalue weighted by Crippen LogP contribution is 2.38. The lowest BCUT2D eigenvalue weighted by Crippen LogP contribution is -2.47. The summed E-state index contributed by atoms with van der Waals surface area (Å²) >= 11 is 1.17. The van der Waals surface area contributed by atoms with Gasteiger partial charge in [-0.25, -0.2) is 4.79 Å². The highest BCUT2D eigenvalue weighted by molar-refractivity contribution is 7.15. The summed E-state index contributed by atoms with van der Waals surface area (Å²) < 4.78 is 11.7. The van der Waals surface area contributed by atoms with Gasteiger partial charge in [0.05, 0.1) is 29.4 Å². The van der Waals surface area contributed by atoms with Gasteiger partial charge in [0, 0.05) is 24.0 Å². The summed E-state index contributed by atoms with van der Waals surface area (Å²) in [6.07, 6.45) is 9.17. The topological polar surface area (TPSA) is 76.1 Å². The van der Waals surface area contributed by atoms with Crippen molar-refractivity contribution in [3.63, 3.8) is 0 Å². The highest BCUT2D eigenvalue weighted by atomic mass is 32.1. The van der Waals surface area contributed by atoms with Gasteiger partial charge in [-0.1, -0.05) is 23.5 Å². The van der Waals surface area contributed by atoms with Gasteiger partial charge in [0.15, 0.2) is 0 Å². The minimum absolute atomic E-state index is 0.0414. The lowest BCUT2D eigenvalue weighted by atomic mass is 9.86. The number of rotatable bonds is 6. The molecule has 3 aliphatic rings. The molecule has 2 aliphatic carbocycles. The Bertz CT molecular complexity index is 1040. The van der Waals surface area contributed by atoms with Crippen LogP contribution in [0, 0.1) is 23.2 Å². The second-order valence-electron chi connectivity index (χ2n) is 11.4. The molecule has 2 heterocycles. The minimum Gasteiger partial charge on any atom is -0.477 e. The molecule has 4 rings (SSSR count). The molecule has 7 heteroatoms. The minimum atomic E-state index is -1.01. The van der Waals surface area contributed by atoms with Crippen LogP contribution >= 0.6 is 11.3 Å². The molecule has 0 bridgehead atoms. The van der Waals surface area contributed by atoms with E-state index in [1.165, 1.54) is 16.9 Å². The average molecular weight is 514 g/mol. The van der Waals surface area contributed by atoms with Crippen molar-refractivity contribution in [1.29, 1.82) is 0 Å². The number of anilines is 1. The van der Waals surface area contributed by atoms with E-state index < -0.39 is 5.97 Å². The Hall–Kier alpha value is -2.14. The van der Waals surface area contributed by atoms with Gasteiger partial charge in [-0.2, -0.15) is 0 Å². The fourth-order valence-corrected chi connectivity index (χ4v) is 6.08. The zero-order valence-corrected chi connectivity index (χ0v) is 22.8. The molecule has 1 aromatic heterocycles. The summed E-state index contributed by atoms with van der Waals surface area (Å²) in [4.78, 5) is 29.0. The molecule has 2 atom stereocenters. The number of aromatic carboxylic acids is 1. The molecule has 0 radical (unpaired) electrons. The first-order valence-electron chi connectivity index (χ1n) is 13.2. The number of carboxylic acid groups (broad SMARTS) is 1. The molecule has 1 amide bonds. The van der Waals surface area contributed by atoms with Crippen molar-refractivity contribution < 1.29 is 24.2 Å². The van der Waals surface area contributed by atoms with E-state index in [-0.39, 0.29) is 40.4 Å². The fraction of sp³-hybridized carbons (Fsp3) is 0.655. The number of amides is 1. The van der Waals surface area contributed by atoms with Crippen LogP contribution in [0.2, 0.25) is 0 Å². The van der Waals surface area contributed by atoms with Crippen molar-refractivity contribution in [2.75, 3.05) is 18.1 Å². The summed E-state index contributed by atoms with van der Waals surface area (Å²) in [6.45, 7) is 9.61. The number of ether oxygens (including phenoxy) is 2. The Kier molecular flexibility index (Phi) is 8.59. The molecule has 0 spiro atoms. The molecule has 1 saturated heterocycles. The SMILES string of the molecule is CC1=CCC(C(=O)N(c2cc(C#CC(C)(C)C)sc2C(=O)O)C2CCC(O[C@H]3CCOC3)CC2)CC1. The van der Waals surface area contributed by atoms with Gasteiger partial charge in [-0.05, 0) is 85.1 Å². The van der Waals surface area contributed by atoms with Gasteiger partial charge in [0.1, 0.15) is 4.88 Å². The Morgan fingerprint density at radius 2 is 1.89 bits per heavy atom. The molecule has 1 aliphatic heterocycles. The number of hydrogen-bond acceptors (Lipinski definition) is 5. The van der Waals surface area contributed by atoms with Crippen LogP contribution in [0.4, 0.5) is 5.69 Å². The van der Waals surface area contributed by atoms with Crippen molar-refractivity contribution in [3.05, 3.63) is 27.5 Å². The first kappa shape index (κ1) is 26.9. The summed E-state index contributed by atoms with van der Waals surface area (Å²) in [7, 11) is 0.